The van der Waals surface area contributed by atoms with Gasteiger partial charge >= 0.3 is 5.97 Å². The summed E-state index contributed by atoms with van der Waals surface area (Å²) in [6.45, 7) is 2.14. The highest BCUT2D eigenvalue weighted by atomic mass is 35.5. The summed E-state index contributed by atoms with van der Waals surface area (Å²) >= 11 is 6.63. The molecular weight excluding hydrogens is 486 g/mol. The third-order valence-corrected chi connectivity index (χ3v) is 7.34. The molecule has 2 aliphatic rings. The van der Waals surface area contributed by atoms with E-state index in [1.54, 1.807) is 6.07 Å². The van der Waals surface area contributed by atoms with Crippen molar-refractivity contribution in [3.8, 4) is 5.75 Å². The summed E-state index contributed by atoms with van der Waals surface area (Å²) in [4.78, 5) is 31.9. The standard InChI is InChI=1S/C31H28ClNO4/c1-20-28(31(35)37-17-16-36-23-12-6-3-7-13-23)29(24-14-8-9-15-25(24)32)30-26(33-20)18-22(19-27(30)34)21-10-4-2-5-11-21/h2-15,22,28-29H,16-19H2,1H3. The molecule has 5 nitrogen and oxygen atoms in total. The molecule has 0 saturated carbocycles. The molecule has 37 heavy (non-hydrogen) atoms. The number of hydrogen-bond acceptors (Lipinski definition) is 5. The Hall–Kier alpha value is -3.70. The average Bonchev–Trinajstić information content (AvgIpc) is 2.91. The number of aliphatic imine (C=N–C) groups is 1. The van der Waals surface area contributed by atoms with E-state index in [1.807, 2.05) is 85.8 Å². The number of ether oxygens (including phenoxy) is 2. The Bertz CT molecular complexity index is 1350. The van der Waals surface area contributed by atoms with Gasteiger partial charge in [0.2, 0.25) is 0 Å². The zero-order chi connectivity index (χ0) is 25.8. The van der Waals surface area contributed by atoms with Crippen molar-refractivity contribution in [1.82, 2.24) is 0 Å². The highest BCUT2D eigenvalue weighted by molar-refractivity contribution is 6.31. The molecule has 1 aliphatic carbocycles. The van der Waals surface area contributed by atoms with Crippen LogP contribution >= 0.6 is 11.6 Å². The van der Waals surface area contributed by atoms with Crippen molar-refractivity contribution in [2.75, 3.05) is 13.2 Å². The van der Waals surface area contributed by atoms with Crippen LogP contribution in [0.25, 0.3) is 0 Å². The number of hydrogen-bond donors (Lipinski definition) is 0. The van der Waals surface area contributed by atoms with Crippen LogP contribution in [0.1, 0.15) is 42.7 Å². The fraction of sp³-hybridized carbons (Fsp3) is 0.258. The molecular formula is C31H28ClNO4. The number of carbonyl (C=O) groups is 2. The molecule has 188 valence electrons. The van der Waals surface area contributed by atoms with Crippen molar-refractivity contribution >= 4 is 29.1 Å². The summed E-state index contributed by atoms with van der Waals surface area (Å²) in [5, 5.41) is 0.511. The number of rotatable bonds is 7. The summed E-state index contributed by atoms with van der Waals surface area (Å²) in [5.74, 6) is -0.970. The van der Waals surface area contributed by atoms with Gasteiger partial charge in [-0.3, -0.25) is 14.6 Å². The Morgan fingerprint density at radius 3 is 2.32 bits per heavy atom. The van der Waals surface area contributed by atoms with Gasteiger partial charge in [0.25, 0.3) is 0 Å². The normalized spacial score (nSPS) is 21.2. The second kappa shape index (κ2) is 11.1. The smallest absolute Gasteiger partial charge is 0.315 e. The van der Waals surface area contributed by atoms with E-state index in [1.165, 1.54) is 0 Å². The second-order valence-electron chi connectivity index (χ2n) is 9.36. The Morgan fingerprint density at radius 2 is 1.59 bits per heavy atom. The van der Waals surface area contributed by atoms with E-state index in [-0.39, 0.29) is 24.9 Å². The van der Waals surface area contributed by atoms with Crippen molar-refractivity contribution in [2.24, 2.45) is 10.9 Å². The van der Waals surface area contributed by atoms with Gasteiger partial charge in [0.1, 0.15) is 24.9 Å². The Morgan fingerprint density at radius 1 is 0.919 bits per heavy atom. The molecule has 3 aromatic rings. The molecule has 0 amide bonds. The molecule has 5 rings (SSSR count). The van der Waals surface area contributed by atoms with Gasteiger partial charge in [-0.15, -0.1) is 0 Å². The minimum absolute atomic E-state index is 0.00137. The van der Waals surface area contributed by atoms with Crippen molar-refractivity contribution in [3.63, 3.8) is 0 Å². The van der Waals surface area contributed by atoms with Crippen LogP contribution in [0, 0.1) is 5.92 Å². The fourth-order valence-corrected chi connectivity index (χ4v) is 5.55. The quantitative estimate of drug-likeness (QED) is 0.266. The van der Waals surface area contributed by atoms with Crippen LogP contribution in [-0.2, 0) is 14.3 Å². The third-order valence-electron chi connectivity index (χ3n) is 6.99. The van der Waals surface area contributed by atoms with E-state index in [0.29, 0.717) is 34.9 Å². The molecule has 0 fully saturated rings. The van der Waals surface area contributed by atoms with Crippen molar-refractivity contribution < 1.29 is 19.1 Å². The van der Waals surface area contributed by atoms with E-state index in [9.17, 15) is 9.59 Å². The van der Waals surface area contributed by atoms with Gasteiger partial charge in [0.05, 0.1) is 0 Å². The molecule has 1 aliphatic heterocycles. The van der Waals surface area contributed by atoms with Crippen molar-refractivity contribution in [2.45, 2.75) is 31.6 Å². The van der Waals surface area contributed by atoms with Crippen molar-refractivity contribution in [1.29, 1.82) is 0 Å². The van der Waals surface area contributed by atoms with Crippen LogP contribution in [0.5, 0.6) is 5.75 Å². The summed E-state index contributed by atoms with van der Waals surface area (Å²) in [6.07, 6.45) is 1.00. The van der Waals surface area contributed by atoms with Gasteiger partial charge in [-0.25, -0.2) is 0 Å². The summed E-state index contributed by atoms with van der Waals surface area (Å²) < 4.78 is 11.3. The van der Waals surface area contributed by atoms with Crippen LogP contribution in [-0.4, -0.2) is 30.7 Å². The molecule has 0 spiro atoms. The number of Topliss-reactive ketones (excluding diaryl/α,β-unsaturated/α-hetero) is 1. The second-order valence-corrected chi connectivity index (χ2v) is 9.77. The molecule has 3 unspecified atom stereocenters. The largest absolute Gasteiger partial charge is 0.490 e. The van der Waals surface area contributed by atoms with Gasteiger partial charge in [-0.1, -0.05) is 78.3 Å². The maximum Gasteiger partial charge on any atom is 0.315 e. The van der Waals surface area contributed by atoms with Crippen LogP contribution in [0.15, 0.2) is 101 Å². The highest BCUT2D eigenvalue weighted by Crippen LogP contribution is 2.48. The number of carbonyl (C=O) groups excluding carboxylic acids is 2. The predicted molar refractivity (Wildman–Crippen MR) is 144 cm³/mol. The summed E-state index contributed by atoms with van der Waals surface area (Å²) in [7, 11) is 0. The van der Waals surface area contributed by atoms with E-state index in [4.69, 9.17) is 26.1 Å². The van der Waals surface area contributed by atoms with Gasteiger partial charge in [-0.05, 0) is 48.6 Å². The maximum absolute atomic E-state index is 13.7. The minimum Gasteiger partial charge on any atom is -0.490 e. The first-order valence-electron chi connectivity index (χ1n) is 12.5. The molecule has 1 heterocycles. The molecule has 0 aromatic heterocycles. The Balaban J connectivity index is 1.42. The zero-order valence-corrected chi connectivity index (χ0v) is 21.4. The molecule has 0 bridgehead atoms. The van der Waals surface area contributed by atoms with Gasteiger partial charge in [-0.2, -0.15) is 0 Å². The van der Waals surface area contributed by atoms with Crippen LogP contribution in [0.2, 0.25) is 5.02 Å². The number of halogens is 1. The Kier molecular flexibility index (Phi) is 7.52. The highest BCUT2D eigenvalue weighted by Gasteiger charge is 2.45. The van der Waals surface area contributed by atoms with Gasteiger partial charge in [0, 0.05) is 34.3 Å². The number of esters is 1. The van der Waals surface area contributed by atoms with Gasteiger partial charge in [0.15, 0.2) is 5.78 Å². The maximum atomic E-state index is 13.7. The minimum atomic E-state index is -0.743. The lowest BCUT2D eigenvalue weighted by Crippen LogP contribution is -2.38. The van der Waals surface area contributed by atoms with E-state index in [2.05, 4.69) is 0 Å². The number of allylic oxidation sites excluding steroid dienone is 2. The molecule has 3 aromatic carbocycles. The fourth-order valence-electron chi connectivity index (χ4n) is 5.30. The third kappa shape index (κ3) is 5.37. The topological polar surface area (TPSA) is 65.0 Å². The number of nitrogens with zero attached hydrogens (tertiary/aromatic N) is 1. The lowest BCUT2D eigenvalue weighted by atomic mass is 9.69. The molecule has 0 radical (unpaired) electrons. The monoisotopic (exact) mass is 513 g/mol. The van der Waals surface area contributed by atoms with Crippen LogP contribution in [0.4, 0.5) is 0 Å². The van der Waals surface area contributed by atoms with E-state index < -0.39 is 17.8 Å². The SMILES string of the molecule is CC1=NC2=C(C(=O)CC(c3ccccc3)C2)C(c2ccccc2Cl)C1C(=O)OCCOc1ccccc1. The Labute approximate surface area is 221 Å². The molecule has 6 heteroatoms. The first-order chi connectivity index (χ1) is 18.0. The molecule has 0 N–H and O–H groups in total. The summed E-state index contributed by atoms with van der Waals surface area (Å²) in [5.41, 5.74) is 3.79. The number of ketones is 1. The summed E-state index contributed by atoms with van der Waals surface area (Å²) in [6, 6.07) is 26.8. The predicted octanol–water partition coefficient (Wildman–Crippen LogP) is 6.54. The average molecular weight is 514 g/mol. The lowest BCUT2D eigenvalue weighted by molar-refractivity contribution is -0.147. The van der Waals surface area contributed by atoms with E-state index >= 15 is 0 Å². The molecule has 0 saturated heterocycles. The van der Waals surface area contributed by atoms with Crippen molar-refractivity contribution in [3.05, 3.63) is 112 Å². The van der Waals surface area contributed by atoms with Crippen LogP contribution in [0.3, 0.4) is 0 Å². The number of benzene rings is 3. The van der Waals surface area contributed by atoms with E-state index in [0.717, 1.165) is 16.8 Å². The van der Waals surface area contributed by atoms with Gasteiger partial charge < -0.3 is 9.47 Å². The first kappa shape index (κ1) is 25.0. The van der Waals surface area contributed by atoms with Crippen LogP contribution < -0.4 is 4.74 Å². The molecule has 3 atom stereocenters. The first-order valence-corrected chi connectivity index (χ1v) is 12.9. The zero-order valence-electron chi connectivity index (χ0n) is 20.6. The number of para-hydroxylation sites is 1. The lowest BCUT2D eigenvalue weighted by Gasteiger charge is -2.36.